The Morgan fingerprint density at radius 3 is 2.82 bits per heavy atom. The topological polar surface area (TPSA) is 67.5 Å². The number of imidazole rings is 1. The highest BCUT2D eigenvalue weighted by Gasteiger charge is 2.32. The molecular formula is C21H22FN3O3. The summed E-state index contributed by atoms with van der Waals surface area (Å²) < 4.78 is 24.0. The van der Waals surface area contributed by atoms with Crippen molar-refractivity contribution in [3.8, 4) is 11.5 Å². The van der Waals surface area contributed by atoms with E-state index in [1.165, 1.54) is 12.1 Å². The van der Waals surface area contributed by atoms with Crippen molar-refractivity contribution in [1.82, 2.24) is 14.9 Å². The summed E-state index contributed by atoms with van der Waals surface area (Å²) in [6.07, 6.45) is 2.01. The smallest absolute Gasteiger partial charge is 0.227 e. The van der Waals surface area contributed by atoms with Gasteiger partial charge in [0.1, 0.15) is 11.6 Å². The minimum absolute atomic E-state index is 0.0290. The fraction of sp³-hybridized carbons (Fsp3) is 0.333. The number of methoxy groups -OCH3 is 2. The van der Waals surface area contributed by atoms with Crippen molar-refractivity contribution in [2.24, 2.45) is 0 Å². The summed E-state index contributed by atoms with van der Waals surface area (Å²) >= 11 is 0. The average molecular weight is 383 g/mol. The predicted molar refractivity (Wildman–Crippen MR) is 103 cm³/mol. The first-order valence-corrected chi connectivity index (χ1v) is 9.24. The van der Waals surface area contributed by atoms with Crippen LogP contribution in [-0.2, 0) is 11.2 Å². The molecule has 2 heterocycles. The SMILES string of the molecule is COc1ccc(CC(=O)N2CCCC2c2nc3ccc(F)cc3[nH]2)cc1OC. The molecule has 1 aromatic heterocycles. The third-order valence-electron chi connectivity index (χ3n) is 5.15. The van der Waals surface area contributed by atoms with E-state index >= 15 is 0 Å². The van der Waals surface area contributed by atoms with Gasteiger partial charge in [0.15, 0.2) is 11.5 Å². The lowest BCUT2D eigenvalue weighted by Crippen LogP contribution is -2.32. The molecule has 1 saturated heterocycles. The normalized spacial score (nSPS) is 16.5. The lowest BCUT2D eigenvalue weighted by atomic mass is 10.1. The van der Waals surface area contributed by atoms with E-state index in [9.17, 15) is 9.18 Å². The first-order valence-electron chi connectivity index (χ1n) is 9.24. The summed E-state index contributed by atoms with van der Waals surface area (Å²) in [7, 11) is 3.15. The van der Waals surface area contributed by atoms with Gasteiger partial charge < -0.3 is 19.4 Å². The number of nitrogens with one attached hydrogen (secondary N) is 1. The number of aromatic nitrogens is 2. The van der Waals surface area contributed by atoms with E-state index in [-0.39, 0.29) is 24.2 Å². The number of amides is 1. The van der Waals surface area contributed by atoms with Crippen LogP contribution in [-0.4, -0.2) is 41.5 Å². The molecule has 0 bridgehead atoms. The lowest BCUT2D eigenvalue weighted by molar-refractivity contribution is -0.131. The highest BCUT2D eigenvalue weighted by Crippen LogP contribution is 2.33. The van der Waals surface area contributed by atoms with Crippen molar-refractivity contribution in [3.63, 3.8) is 0 Å². The van der Waals surface area contributed by atoms with Gasteiger partial charge in [0, 0.05) is 6.54 Å². The molecule has 28 heavy (non-hydrogen) atoms. The van der Waals surface area contributed by atoms with Gasteiger partial charge in [0.05, 0.1) is 37.7 Å². The van der Waals surface area contributed by atoms with E-state index in [0.29, 0.717) is 34.9 Å². The number of hydrogen-bond acceptors (Lipinski definition) is 4. The molecule has 1 unspecified atom stereocenters. The number of halogens is 1. The Hall–Kier alpha value is -3.09. The van der Waals surface area contributed by atoms with Crippen molar-refractivity contribution in [1.29, 1.82) is 0 Å². The second-order valence-corrected chi connectivity index (χ2v) is 6.89. The van der Waals surface area contributed by atoms with Crippen LogP contribution in [0.25, 0.3) is 11.0 Å². The summed E-state index contributed by atoms with van der Waals surface area (Å²) in [5.41, 5.74) is 2.21. The van der Waals surface area contributed by atoms with Gasteiger partial charge >= 0.3 is 0 Å². The molecule has 6 nitrogen and oxygen atoms in total. The quantitative estimate of drug-likeness (QED) is 0.731. The number of ether oxygens (including phenoxy) is 2. The minimum atomic E-state index is -0.310. The van der Waals surface area contributed by atoms with Crippen LogP contribution < -0.4 is 9.47 Å². The second-order valence-electron chi connectivity index (χ2n) is 6.89. The van der Waals surface area contributed by atoms with Crippen molar-refractivity contribution >= 4 is 16.9 Å². The van der Waals surface area contributed by atoms with Crippen LogP contribution in [0.3, 0.4) is 0 Å². The van der Waals surface area contributed by atoms with E-state index in [2.05, 4.69) is 9.97 Å². The molecule has 0 radical (unpaired) electrons. The largest absolute Gasteiger partial charge is 0.493 e. The van der Waals surface area contributed by atoms with Crippen LogP contribution >= 0.6 is 0 Å². The molecular weight excluding hydrogens is 361 g/mol. The molecule has 4 rings (SSSR count). The van der Waals surface area contributed by atoms with Crippen molar-refractivity contribution in [2.45, 2.75) is 25.3 Å². The van der Waals surface area contributed by atoms with Crippen molar-refractivity contribution in [3.05, 3.63) is 53.6 Å². The zero-order chi connectivity index (χ0) is 19.7. The number of H-pyrrole nitrogens is 1. The molecule has 1 N–H and O–H groups in total. The molecule has 2 aromatic carbocycles. The maximum atomic E-state index is 13.5. The Labute approximate surface area is 162 Å². The van der Waals surface area contributed by atoms with Crippen LogP contribution in [0.2, 0.25) is 0 Å². The fourth-order valence-corrected chi connectivity index (χ4v) is 3.78. The number of benzene rings is 2. The molecule has 146 valence electrons. The summed E-state index contributed by atoms with van der Waals surface area (Å²) in [5.74, 6) is 1.66. The predicted octanol–water partition coefficient (Wildman–Crippen LogP) is 3.63. The molecule has 1 aliphatic heterocycles. The van der Waals surface area contributed by atoms with E-state index in [4.69, 9.17) is 9.47 Å². The molecule has 0 spiro atoms. The number of carbonyl (C=O) groups excluding carboxylic acids is 1. The zero-order valence-corrected chi connectivity index (χ0v) is 15.9. The maximum Gasteiger partial charge on any atom is 0.227 e. The van der Waals surface area contributed by atoms with Crippen LogP contribution in [0.4, 0.5) is 4.39 Å². The maximum absolute atomic E-state index is 13.5. The number of rotatable bonds is 5. The standard InChI is InChI=1S/C21H22FN3O3/c1-27-18-8-5-13(10-19(18)28-2)11-20(26)25-9-3-4-17(25)21-23-15-7-6-14(22)12-16(15)24-21/h5-8,10,12,17H,3-4,9,11H2,1-2H3,(H,23,24). The van der Waals surface area contributed by atoms with Gasteiger partial charge in [-0.1, -0.05) is 6.07 Å². The Balaban J connectivity index is 1.54. The molecule has 0 aliphatic carbocycles. The molecule has 1 aliphatic rings. The van der Waals surface area contributed by atoms with Gasteiger partial charge in [-0.3, -0.25) is 4.79 Å². The molecule has 0 saturated carbocycles. The molecule has 3 aromatic rings. The summed E-state index contributed by atoms with van der Waals surface area (Å²) in [6, 6.07) is 9.84. The Kier molecular flexibility index (Phi) is 4.90. The number of hydrogen-bond donors (Lipinski definition) is 1. The minimum Gasteiger partial charge on any atom is -0.493 e. The number of nitrogens with zero attached hydrogens (tertiary/aromatic N) is 2. The van der Waals surface area contributed by atoms with E-state index in [1.54, 1.807) is 26.4 Å². The first-order chi connectivity index (χ1) is 13.6. The van der Waals surface area contributed by atoms with Gasteiger partial charge in [-0.25, -0.2) is 9.37 Å². The van der Waals surface area contributed by atoms with Crippen molar-refractivity contribution in [2.75, 3.05) is 20.8 Å². The Morgan fingerprint density at radius 1 is 1.21 bits per heavy atom. The average Bonchev–Trinajstić information content (AvgIpc) is 3.34. The number of carbonyl (C=O) groups is 1. The van der Waals surface area contributed by atoms with Crippen LogP contribution in [0.1, 0.15) is 30.3 Å². The summed E-state index contributed by atoms with van der Waals surface area (Å²) in [5, 5.41) is 0. The third-order valence-corrected chi connectivity index (χ3v) is 5.15. The first kappa shape index (κ1) is 18.3. The van der Waals surface area contributed by atoms with Gasteiger partial charge in [-0.15, -0.1) is 0 Å². The molecule has 7 heteroatoms. The number of fused-ring (bicyclic) bond motifs is 1. The fourth-order valence-electron chi connectivity index (χ4n) is 3.78. The van der Waals surface area contributed by atoms with Gasteiger partial charge in [0.25, 0.3) is 0 Å². The van der Waals surface area contributed by atoms with Gasteiger partial charge in [0.2, 0.25) is 5.91 Å². The van der Waals surface area contributed by atoms with Crippen LogP contribution in [0, 0.1) is 5.82 Å². The van der Waals surface area contributed by atoms with E-state index in [0.717, 1.165) is 18.4 Å². The Bertz CT molecular complexity index is 1020. The highest BCUT2D eigenvalue weighted by atomic mass is 19.1. The van der Waals surface area contributed by atoms with E-state index < -0.39 is 0 Å². The monoisotopic (exact) mass is 383 g/mol. The van der Waals surface area contributed by atoms with Gasteiger partial charge in [-0.2, -0.15) is 0 Å². The second kappa shape index (κ2) is 7.50. The number of aromatic amines is 1. The molecule has 1 atom stereocenters. The van der Waals surface area contributed by atoms with Crippen LogP contribution in [0.5, 0.6) is 11.5 Å². The lowest BCUT2D eigenvalue weighted by Gasteiger charge is -2.23. The third kappa shape index (κ3) is 3.40. The zero-order valence-electron chi connectivity index (χ0n) is 15.9. The number of likely N-dealkylation sites (tertiary alicyclic amines) is 1. The molecule has 1 amide bonds. The highest BCUT2D eigenvalue weighted by molar-refractivity contribution is 5.80. The Morgan fingerprint density at radius 2 is 2.04 bits per heavy atom. The van der Waals surface area contributed by atoms with E-state index in [1.807, 2.05) is 17.0 Å². The van der Waals surface area contributed by atoms with Crippen molar-refractivity contribution < 1.29 is 18.7 Å². The summed E-state index contributed by atoms with van der Waals surface area (Å²) in [4.78, 5) is 22.6. The molecule has 1 fully saturated rings. The van der Waals surface area contributed by atoms with Crippen LogP contribution in [0.15, 0.2) is 36.4 Å². The summed E-state index contributed by atoms with van der Waals surface area (Å²) in [6.45, 7) is 0.683. The van der Waals surface area contributed by atoms with Gasteiger partial charge in [-0.05, 0) is 48.7 Å².